The van der Waals surface area contributed by atoms with Crippen molar-refractivity contribution in [3.63, 3.8) is 0 Å². The lowest BCUT2D eigenvalue weighted by atomic mass is 10.2. The van der Waals surface area contributed by atoms with Crippen LogP contribution in [0.2, 0.25) is 5.02 Å². The van der Waals surface area contributed by atoms with E-state index in [2.05, 4.69) is 4.98 Å². The quantitative estimate of drug-likeness (QED) is 0.879. The highest BCUT2D eigenvalue weighted by Crippen LogP contribution is 2.21. The van der Waals surface area contributed by atoms with Crippen LogP contribution in [-0.2, 0) is 11.3 Å². The molecule has 21 heavy (non-hydrogen) atoms. The van der Waals surface area contributed by atoms with Crippen LogP contribution in [0.5, 0.6) is 0 Å². The summed E-state index contributed by atoms with van der Waals surface area (Å²) in [6, 6.07) is 7.23. The Morgan fingerprint density at radius 1 is 1.38 bits per heavy atom. The molecular weight excluding hydrogens is 315 g/mol. The molecule has 0 aliphatic heterocycles. The van der Waals surface area contributed by atoms with E-state index in [-0.39, 0.29) is 18.8 Å². The minimum Gasteiger partial charge on any atom is -0.481 e. The smallest absolute Gasteiger partial charge is 0.304 e. The number of oxazole rings is 1. The van der Waals surface area contributed by atoms with Crippen molar-refractivity contribution in [2.45, 2.75) is 13.0 Å². The third-order valence-electron chi connectivity index (χ3n) is 2.78. The molecule has 114 valence electrons. The first-order valence-electron chi connectivity index (χ1n) is 6.15. The second-order valence-electron chi connectivity index (χ2n) is 4.53. The summed E-state index contributed by atoms with van der Waals surface area (Å²) in [4.78, 5) is 16.8. The molecule has 0 aliphatic carbocycles. The average Bonchev–Trinajstić information content (AvgIpc) is 2.85. The van der Waals surface area contributed by atoms with E-state index in [9.17, 15) is 4.79 Å². The first kappa shape index (κ1) is 17.5. The fourth-order valence-corrected chi connectivity index (χ4v) is 1.87. The Kier molecular flexibility index (Phi) is 6.68. The van der Waals surface area contributed by atoms with Crippen LogP contribution < -0.4 is 0 Å². The maximum absolute atomic E-state index is 10.5. The van der Waals surface area contributed by atoms with Crippen molar-refractivity contribution in [2.75, 3.05) is 13.6 Å². The second-order valence-corrected chi connectivity index (χ2v) is 4.97. The normalized spacial score (nSPS) is 10.4. The van der Waals surface area contributed by atoms with Gasteiger partial charge in [0.2, 0.25) is 5.89 Å². The van der Waals surface area contributed by atoms with Gasteiger partial charge in [-0.25, -0.2) is 4.98 Å². The van der Waals surface area contributed by atoms with Gasteiger partial charge in [0.15, 0.2) is 0 Å². The molecule has 1 N–H and O–H groups in total. The van der Waals surface area contributed by atoms with Crippen LogP contribution in [0.25, 0.3) is 11.5 Å². The number of hydrogen-bond acceptors (Lipinski definition) is 4. The number of halogens is 2. The predicted molar refractivity (Wildman–Crippen MR) is 82.8 cm³/mol. The van der Waals surface area contributed by atoms with Crippen LogP contribution >= 0.6 is 24.0 Å². The van der Waals surface area contributed by atoms with Crippen molar-refractivity contribution in [3.05, 3.63) is 41.2 Å². The summed E-state index contributed by atoms with van der Waals surface area (Å²) < 4.78 is 5.42. The maximum Gasteiger partial charge on any atom is 0.304 e. The lowest BCUT2D eigenvalue weighted by Crippen LogP contribution is -2.21. The molecule has 0 aliphatic rings. The molecular formula is C14H16Cl2N2O3. The molecule has 0 unspecified atom stereocenters. The number of benzene rings is 1. The number of carboxylic acid groups (broad SMARTS) is 1. The van der Waals surface area contributed by atoms with E-state index >= 15 is 0 Å². The van der Waals surface area contributed by atoms with Crippen LogP contribution in [0, 0.1) is 0 Å². The summed E-state index contributed by atoms with van der Waals surface area (Å²) in [6.07, 6.45) is 1.69. The summed E-state index contributed by atoms with van der Waals surface area (Å²) in [6.45, 7) is 1.02. The van der Waals surface area contributed by atoms with Crippen molar-refractivity contribution < 1.29 is 14.3 Å². The number of nitrogens with zero attached hydrogens (tertiary/aromatic N) is 2. The monoisotopic (exact) mass is 330 g/mol. The Labute approximate surface area is 133 Å². The van der Waals surface area contributed by atoms with E-state index in [0.29, 0.717) is 24.0 Å². The third kappa shape index (κ3) is 5.38. The molecule has 0 radical (unpaired) electrons. The number of aromatic nitrogens is 1. The van der Waals surface area contributed by atoms with Gasteiger partial charge in [-0.3, -0.25) is 9.69 Å². The molecule has 5 nitrogen and oxygen atoms in total. The SMILES string of the molecule is CN(CCC(=O)O)Cc1coc(-c2ccc(Cl)cc2)n1.Cl. The van der Waals surface area contributed by atoms with Gasteiger partial charge in [-0.2, -0.15) is 0 Å². The van der Waals surface area contributed by atoms with E-state index in [1.165, 1.54) is 0 Å². The van der Waals surface area contributed by atoms with Gasteiger partial charge in [-0.1, -0.05) is 11.6 Å². The van der Waals surface area contributed by atoms with Gasteiger partial charge in [-0.05, 0) is 31.3 Å². The zero-order chi connectivity index (χ0) is 14.5. The first-order chi connectivity index (χ1) is 9.54. The van der Waals surface area contributed by atoms with E-state index in [1.807, 2.05) is 24.1 Å². The Balaban J connectivity index is 0.00000220. The molecule has 0 fully saturated rings. The van der Waals surface area contributed by atoms with Gasteiger partial charge in [0.1, 0.15) is 6.26 Å². The van der Waals surface area contributed by atoms with Gasteiger partial charge in [0.05, 0.1) is 12.1 Å². The topological polar surface area (TPSA) is 66.6 Å². The lowest BCUT2D eigenvalue weighted by Gasteiger charge is -2.12. The van der Waals surface area contributed by atoms with Gasteiger partial charge in [0, 0.05) is 23.7 Å². The van der Waals surface area contributed by atoms with E-state index < -0.39 is 5.97 Å². The van der Waals surface area contributed by atoms with Crippen LogP contribution in [0.1, 0.15) is 12.1 Å². The molecule has 0 saturated carbocycles. The van der Waals surface area contributed by atoms with Crippen molar-refractivity contribution in [1.29, 1.82) is 0 Å². The number of carboxylic acids is 1. The van der Waals surface area contributed by atoms with E-state index in [1.54, 1.807) is 18.4 Å². The van der Waals surface area contributed by atoms with Gasteiger partial charge in [-0.15, -0.1) is 12.4 Å². The van der Waals surface area contributed by atoms with Crippen LogP contribution in [0.4, 0.5) is 0 Å². The van der Waals surface area contributed by atoms with Crippen molar-refractivity contribution >= 4 is 30.0 Å². The van der Waals surface area contributed by atoms with Crippen LogP contribution in [0.15, 0.2) is 34.9 Å². The lowest BCUT2D eigenvalue weighted by molar-refractivity contribution is -0.137. The molecule has 0 saturated heterocycles. The minimum atomic E-state index is -0.807. The van der Waals surface area contributed by atoms with Crippen molar-refractivity contribution in [2.24, 2.45) is 0 Å². The molecule has 0 bridgehead atoms. The van der Waals surface area contributed by atoms with E-state index in [0.717, 1.165) is 11.3 Å². The molecule has 7 heteroatoms. The summed E-state index contributed by atoms with van der Waals surface area (Å²) in [5.74, 6) is -0.276. The number of carbonyl (C=O) groups is 1. The number of aliphatic carboxylic acids is 1. The molecule has 2 aromatic rings. The largest absolute Gasteiger partial charge is 0.481 e. The predicted octanol–water partition coefficient (Wildman–Crippen LogP) is 3.32. The zero-order valence-electron chi connectivity index (χ0n) is 11.5. The fourth-order valence-electron chi connectivity index (χ4n) is 1.75. The van der Waals surface area contributed by atoms with Gasteiger partial charge < -0.3 is 9.52 Å². The fraction of sp³-hybridized carbons (Fsp3) is 0.286. The highest BCUT2D eigenvalue weighted by atomic mass is 35.5. The van der Waals surface area contributed by atoms with Crippen molar-refractivity contribution in [1.82, 2.24) is 9.88 Å². The highest BCUT2D eigenvalue weighted by molar-refractivity contribution is 6.30. The number of rotatable bonds is 6. The molecule has 1 aromatic heterocycles. The minimum absolute atomic E-state index is 0. The Bertz CT molecular complexity index is 584. The Hall–Kier alpha value is -1.56. The molecule has 0 atom stereocenters. The van der Waals surface area contributed by atoms with Crippen LogP contribution in [0.3, 0.4) is 0 Å². The molecule has 0 spiro atoms. The summed E-state index contributed by atoms with van der Waals surface area (Å²) in [7, 11) is 1.85. The third-order valence-corrected chi connectivity index (χ3v) is 3.03. The van der Waals surface area contributed by atoms with E-state index in [4.69, 9.17) is 21.1 Å². The molecule has 0 amide bonds. The van der Waals surface area contributed by atoms with Gasteiger partial charge >= 0.3 is 5.97 Å². The van der Waals surface area contributed by atoms with Crippen molar-refractivity contribution in [3.8, 4) is 11.5 Å². The maximum atomic E-state index is 10.5. The molecule has 1 heterocycles. The first-order valence-corrected chi connectivity index (χ1v) is 6.53. The number of hydrogen-bond donors (Lipinski definition) is 1. The highest BCUT2D eigenvalue weighted by Gasteiger charge is 2.09. The van der Waals surface area contributed by atoms with Crippen LogP contribution in [-0.4, -0.2) is 34.6 Å². The molecule has 1 aromatic carbocycles. The second kappa shape index (κ2) is 8.02. The summed E-state index contributed by atoms with van der Waals surface area (Å²) >= 11 is 5.83. The van der Waals surface area contributed by atoms with Gasteiger partial charge in [0.25, 0.3) is 0 Å². The average molecular weight is 331 g/mol. The zero-order valence-corrected chi connectivity index (χ0v) is 13.0. The molecule has 2 rings (SSSR count). The summed E-state index contributed by atoms with van der Waals surface area (Å²) in [5, 5.41) is 9.29. The summed E-state index contributed by atoms with van der Waals surface area (Å²) in [5.41, 5.74) is 1.62. The Morgan fingerprint density at radius 2 is 2.05 bits per heavy atom. The Morgan fingerprint density at radius 3 is 2.67 bits per heavy atom. The standard InChI is InChI=1S/C14H15ClN2O3.ClH/c1-17(7-6-13(18)19)8-12-9-20-14(16-12)10-2-4-11(15)5-3-10;/h2-5,9H,6-8H2,1H3,(H,18,19);1H.